The van der Waals surface area contributed by atoms with Crippen LogP contribution in [0.2, 0.25) is 0 Å². The fraction of sp³-hybridized carbons (Fsp3) is 0.263. The summed E-state index contributed by atoms with van der Waals surface area (Å²) in [7, 11) is 1.87. The number of imidazole rings is 1. The van der Waals surface area contributed by atoms with E-state index >= 15 is 0 Å². The molecule has 5 rings (SSSR count). The molecule has 0 aliphatic heterocycles. The quantitative estimate of drug-likeness (QED) is 0.475. The third-order valence-electron chi connectivity index (χ3n) is 4.84. The fourth-order valence-electron chi connectivity index (χ4n) is 3.18. The Morgan fingerprint density at radius 1 is 1.25 bits per heavy atom. The van der Waals surface area contributed by atoms with Gasteiger partial charge in [-0.15, -0.1) is 0 Å². The first-order valence-corrected chi connectivity index (χ1v) is 9.14. The first kappa shape index (κ1) is 16.7. The smallest absolute Gasteiger partial charge is 0.227 e. The zero-order chi connectivity index (χ0) is 19.1. The topological polar surface area (TPSA) is 98.4 Å². The average Bonchev–Trinajstić information content (AvgIpc) is 3.25. The summed E-state index contributed by atoms with van der Waals surface area (Å²) in [6, 6.07) is 7.91. The van der Waals surface area contributed by atoms with Crippen molar-refractivity contribution in [1.82, 2.24) is 30.1 Å². The van der Waals surface area contributed by atoms with Crippen molar-refractivity contribution in [3.8, 4) is 0 Å². The number of hydrogen-bond acceptors (Lipinski definition) is 6. The highest BCUT2D eigenvalue weighted by atomic mass is 19.1. The largest absolute Gasteiger partial charge is 0.345 e. The van der Waals surface area contributed by atoms with Crippen molar-refractivity contribution >= 4 is 28.6 Å². The number of nitrogens with one attached hydrogen (secondary N) is 3. The third kappa shape index (κ3) is 3.26. The number of aromatic nitrogens is 6. The Kier molecular flexibility index (Phi) is 3.92. The molecule has 0 unspecified atom stereocenters. The lowest BCUT2D eigenvalue weighted by Gasteiger charge is -2.18. The Balaban J connectivity index is 1.34. The minimum absolute atomic E-state index is 0.105. The molecule has 9 heteroatoms. The van der Waals surface area contributed by atoms with Crippen LogP contribution in [0.1, 0.15) is 30.0 Å². The van der Waals surface area contributed by atoms with Crippen LogP contribution in [0.5, 0.6) is 0 Å². The Morgan fingerprint density at radius 3 is 3.00 bits per heavy atom. The van der Waals surface area contributed by atoms with E-state index in [-0.39, 0.29) is 5.82 Å². The zero-order valence-corrected chi connectivity index (χ0v) is 15.3. The maximum absolute atomic E-state index is 14.2. The van der Waals surface area contributed by atoms with Crippen LogP contribution in [0.4, 0.5) is 22.0 Å². The van der Waals surface area contributed by atoms with Gasteiger partial charge in [0, 0.05) is 31.3 Å². The first-order valence-electron chi connectivity index (χ1n) is 9.14. The van der Waals surface area contributed by atoms with Crippen molar-refractivity contribution in [2.24, 2.45) is 0 Å². The van der Waals surface area contributed by atoms with Crippen molar-refractivity contribution in [3.63, 3.8) is 0 Å². The molecule has 0 bridgehead atoms. The van der Waals surface area contributed by atoms with E-state index in [0.29, 0.717) is 24.2 Å². The van der Waals surface area contributed by atoms with Crippen molar-refractivity contribution in [3.05, 3.63) is 53.9 Å². The normalized spacial score (nSPS) is 13.8. The number of fused-ring (bicyclic) bond motifs is 1. The van der Waals surface area contributed by atoms with E-state index in [1.165, 1.54) is 19.0 Å². The number of hydrogen-bond donors (Lipinski definition) is 3. The minimum atomic E-state index is -0.522. The summed E-state index contributed by atoms with van der Waals surface area (Å²) >= 11 is 0. The second-order valence-corrected chi connectivity index (χ2v) is 7.08. The van der Waals surface area contributed by atoms with Crippen LogP contribution in [0.25, 0.3) is 11.0 Å². The van der Waals surface area contributed by atoms with Gasteiger partial charge in [0.05, 0.1) is 23.6 Å². The fourth-order valence-corrected chi connectivity index (χ4v) is 3.18. The van der Waals surface area contributed by atoms with Crippen LogP contribution in [0.15, 0.2) is 36.8 Å². The average molecular weight is 378 g/mol. The van der Waals surface area contributed by atoms with E-state index in [2.05, 4.69) is 35.5 Å². The second-order valence-electron chi connectivity index (χ2n) is 7.08. The van der Waals surface area contributed by atoms with Crippen molar-refractivity contribution in [2.45, 2.75) is 25.3 Å². The molecular weight excluding hydrogens is 359 g/mol. The number of rotatable bonds is 6. The summed E-state index contributed by atoms with van der Waals surface area (Å²) < 4.78 is 14.2. The molecule has 142 valence electrons. The molecular formula is C19H19FN8. The van der Waals surface area contributed by atoms with E-state index < -0.39 is 5.82 Å². The predicted octanol–water partition coefficient (Wildman–Crippen LogP) is 3.47. The van der Waals surface area contributed by atoms with E-state index in [1.54, 1.807) is 6.33 Å². The first-order chi connectivity index (χ1) is 13.7. The van der Waals surface area contributed by atoms with Crippen molar-refractivity contribution in [2.75, 3.05) is 17.3 Å². The maximum atomic E-state index is 14.2. The van der Waals surface area contributed by atoms with Gasteiger partial charge < -0.3 is 15.2 Å². The Morgan fingerprint density at radius 2 is 2.14 bits per heavy atom. The van der Waals surface area contributed by atoms with E-state index in [9.17, 15) is 4.39 Å². The molecule has 0 spiro atoms. The molecule has 0 atom stereocenters. The van der Waals surface area contributed by atoms with Crippen LogP contribution in [-0.2, 0) is 6.54 Å². The summed E-state index contributed by atoms with van der Waals surface area (Å²) in [6.45, 7) is 0.572. The summed E-state index contributed by atoms with van der Waals surface area (Å²) in [4.78, 5) is 17.7. The lowest BCUT2D eigenvalue weighted by Crippen LogP contribution is -2.19. The SMILES string of the molecule is CN(Cc1ccc2[nH]cnc2c1)c1ncc(F)c(Nc2cc(C3CC3)[nH]n2)n1. The van der Waals surface area contributed by atoms with E-state index in [4.69, 9.17) is 0 Å². The van der Waals surface area contributed by atoms with Gasteiger partial charge in [0.1, 0.15) is 0 Å². The van der Waals surface area contributed by atoms with Crippen LogP contribution < -0.4 is 10.2 Å². The number of halogens is 1. The molecule has 1 fully saturated rings. The van der Waals surface area contributed by atoms with Gasteiger partial charge in [0.2, 0.25) is 5.95 Å². The minimum Gasteiger partial charge on any atom is -0.345 e. The highest BCUT2D eigenvalue weighted by Crippen LogP contribution is 2.39. The molecule has 1 aromatic carbocycles. The summed E-state index contributed by atoms with van der Waals surface area (Å²) in [5, 5.41) is 10.1. The van der Waals surface area contributed by atoms with E-state index in [0.717, 1.165) is 22.3 Å². The van der Waals surface area contributed by atoms with Gasteiger partial charge in [-0.2, -0.15) is 10.1 Å². The number of benzene rings is 1. The zero-order valence-electron chi connectivity index (χ0n) is 15.3. The third-order valence-corrected chi connectivity index (χ3v) is 4.84. The van der Waals surface area contributed by atoms with E-state index in [1.807, 2.05) is 36.2 Å². The van der Waals surface area contributed by atoms with Crippen LogP contribution in [-0.4, -0.2) is 37.2 Å². The molecule has 1 saturated carbocycles. The molecule has 1 aliphatic rings. The molecule has 28 heavy (non-hydrogen) atoms. The van der Waals surface area contributed by atoms with Crippen LogP contribution in [0.3, 0.4) is 0 Å². The van der Waals surface area contributed by atoms with Gasteiger partial charge in [0.25, 0.3) is 0 Å². The highest BCUT2D eigenvalue weighted by molar-refractivity contribution is 5.75. The Bertz CT molecular complexity index is 1130. The van der Waals surface area contributed by atoms with Gasteiger partial charge >= 0.3 is 0 Å². The van der Waals surface area contributed by atoms with Gasteiger partial charge in [-0.1, -0.05) is 6.07 Å². The number of nitrogens with zero attached hydrogens (tertiary/aromatic N) is 5. The molecule has 0 radical (unpaired) electrons. The number of H-pyrrole nitrogens is 2. The predicted molar refractivity (Wildman–Crippen MR) is 104 cm³/mol. The maximum Gasteiger partial charge on any atom is 0.227 e. The second kappa shape index (κ2) is 6.59. The molecule has 3 N–H and O–H groups in total. The molecule has 0 saturated heterocycles. The summed E-state index contributed by atoms with van der Waals surface area (Å²) in [5.41, 5.74) is 4.02. The standard InChI is InChI=1S/C19H19FN8/c1-28(9-11-2-5-14-16(6-11)23-10-22-14)19-21-8-13(20)18(25-19)24-17-7-15(26-27-17)12-3-4-12/h2,5-8,10,12H,3-4,9H2,1H3,(H,22,23)(H2,21,24,25,26,27). The number of aromatic amines is 2. The van der Waals surface area contributed by atoms with Gasteiger partial charge in [-0.05, 0) is 30.5 Å². The van der Waals surface area contributed by atoms with Crippen LogP contribution >= 0.6 is 0 Å². The Labute approximate surface area is 160 Å². The van der Waals surface area contributed by atoms with Gasteiger partial charge in [0.15, 0.2) is 17.5 Å². The molecule has 0 amide bonds. The summed E-state index contributed by atoms with van der Waals surface area (Å²) in [6.07, 6.45) is 5.18. The Hall–Kier alpha value is -3.49. The molecule has 1 aliphatic carbocycles. The molecule has 3 heterocycles. The van der Waals surface area contributed by atoms with Crippen LogP contribution in [0, 0.1) is 5.82 Å². The molecule has 8 nitrogen and oxygen atoms in total. The summed E-state index contributed by atoms with van der Waals surface area (Å²) in [5.74, 6) is 1.10. The van der Waals surface area contributed by atoms with Crippen molar-refractivity contribution < 1.29 is 4.39 Å². The van der Waals surface area contributed by atoms with Crippen molar-refractivity contribution in [1.29, 1.82) is 0 Å². The molecule has 3 aromatic heterocycles. The monoisotopic (exact) mass is 378 g/mol. The highest BCUT2D eigenvalue weighted by Gasteiger charge is 2.25. The number of anilines is 3. The lowest BCUT2D eigenvalue weighted by atomic mass is 10.2. The van der Waals surface area contributed by atoms with Gasteiger partial charge in [-0.3, -0.25) is 5.10 Å². The van der Waals surface area contributed by atoms with Gasteiger partial charge in [-0.25, -0.2) is 14.4 Å². The molecule has 4 aromatic rings. The lowest BCUT2D eigenvalue weighted by molar-refractivity contribution is 0.617.